The van der Waals surface area contributed by atoms with Gasteiger partial charge in [0.25, 0.3) is 10.0 Å². The molecule has 0 aliphatic rings. The maximum Gasteiger partial charge on any atom is 0.268 e. The van der Waals surface area contributed by atoms with E-state index in [1.165, 1.54) is 10.9 Å². The molecule has 4 aromatic heterocycles. The number of aromatic nitrogens is 5. The van der Waals surface area contributed by atoms with E-state index in [9.17, 15) is 13.2 Å². The number of aryl methyl sites for hydroxylation is 2. The van der Waals surface area contributed by atoms with Gasteiger partial charge in [-0.1, -0.05) is 29.8 Å². The fourth-order valence-electron chi connectivity index (χ4n) is 5.15. The number of hydrogen-bond donors (Lipinski definition) is 2. The fraction of sp³-hybridized carbons (Fsp3) is 0.0645. The molecular formula is C31H24N6O3S2. The van der Waals surface area contributed by atoms with Crippen LogP contribution in [-0.4, -0.2) is 37.9 Å². The summed E-state index contributed by atoms with van der Waals surface area (Å²) in [5.74, 6) is 0.316. The molecule has 0 bridgehead atoms. The summed E-state index contributed by atoms with van der Waals surface area (Å²) in [5, 5.41) is 8.95. The molecule has 0 fully saturated rings. The molecule has 4 heterocycles. The first-order chi connectivity index (χ1) is 20.2. The normalized spacial score (nSPS) is 12.0. The number of H-pyrrole nitrogens is 1. The van der Waals surface area contributed by atoms with Crippen molar-refractivity contribution in [3.8, 4) is 16.8 Å². The summed E-state index contributed by atoms with van der Waals surface area (Å²) >= 11 is 1.55. The lowest BCUT2D eigenvalue weighted by molar-refractivity contribution is 0.103. The maximum atomic E-state index is 14.2. The van der Waals surface area contributed by atoms with Gasteiger partial charge in [-0.05, 0) is 84.3 Å². The van der Waals surface area contributed by atoms with Crippen molar-refractivity contribution in [1.29, 1.82) is 0 Å². The number of aromatic amines is 1. The van der Waals surface area contributed by atoms with Crippen LogP contribution < -0.4 is 5.73 Å². The minimum atomic E-state index is -4.17. The number of ketones is 1. The standard InChI is InChI=1S/C31H24N6O3S2/c1-18-3-8-24(9-4-18)42(39,40)37-28-13-20(22-11-12-41-17-22)5-6-21(28)14-29(37)30(38)25-16-33-36(31(25)32)23-7-10-26-27(15-23)35-19(2)34-26/h3-17H,32H2,1-2H3,(H,34,35). The summed E-state index contributed by atoms with van der Waals surface area (Å²) in [5.41, 5.74) is 11.9. The number of nitrogens with two attached hydrogens (primary N) is 1. The number of benzene rings is 3. The third kappa shape index (κ3) is 4.13. The zero-order valence-corrected chi connectivity index (χ0v) is 24.2. The molecule has 0 radical (unpaired) electrons. The Morgan fingerprint density at radius 3 is 2.52 bits per heavy atom. The van der Waals surface area contributed by atoms with Crippen molar-refractivity contribution >= 4 is 54.9 Å². The van der Waals surface area contributed by atoms with Crippen molar-refractivity contribution in [3.63, 3.8) is 0 Å². The lowest BCUT2D eigenvalue weighted by Gasteiger charge is -2.12. The lowest BCUT2D eigenvalue weighted by Crippen LogP contribution is -2.19. The number of nitrogens with one attached hydrogen (secondary N) is 1. The van der Waals surface area contributed by atoms with Gasteiger partial charge in [0.1, 0.15) is 17.3 Å². The first-order valence-electron chi connectivity index (χ1n) is 13.1. The summed E-state index contributed by atoms with van der Waals surface area (Å²) in [4.78, 5) is 21.8. The molecule has 0 saturated heterocycles. The molecule has 0 amide bonds. The third-order valence-electron chi connectivity index (χ3n) is 7.29. The number of nitrogens with zero attached hydrogens (tertiary/aromatic N) is 4. The van der Waals surface area contributed by atoms with Gasteiger partial charge in [-0.25, -0.2) is 22.1 Å². The molecule has 0 aliphatic heterocycles. The topological polar surface area (TPSA) is 129 Å². The van der Waals surface area contributed by atoms with E-state index in [0.717, 1.165) is 37.5 Å². The maximum absolute atomic E-state index is 14.2. The van der Waals surface area contributed by atoms with Gasteiger partial charge in [0.2, 0.25) is 5.78 Å². The van der Waals surface area contributed by atoms with E-state index in [1.807, 2.05) is 61.0 Å². The van der Waals surface area contributed by atoms with Gasteiger partial charge < -0.3 is 10.7 Å². The summed E-state index contributed by atoms with van der Waals surface area (Å²) in [6, 6.07) is 21.2. The number of rotatable bonds is 6. The van der Waals surface area contributed by atoms with Gasteiger partial charge >= 0.3 is 0 Å². The molecular weight excluding hydrogens is 569 g/mol. The Balaban J connectivity index is 1.40. The monoisotopic (exact) mass is 592 g/mol. The molecule has 3 N–H and O–H groups in total. The van der Waals surface area contributed by atoms with Gasteiger partial charge in [-0.15, -0.1) is 0 Å². The second kappa shape index (κ2) is 9.54. The molecule has 3 aromatic carbocycles. The number of fused-ring (bicyclic) bond motifs is 2. The van der Waals surface area contributed by atoms with Gasteiger partial charge in [-0.3, -0.25) is 4.79 Å². The van der Waals surface area contributed by atoms with Crippen molar-refractivity contribution < 1.29 is 13.2 Å². The van der Waals surface area contributed by atoms with Gasteiger partial charge in [0.05, 0.1) is 38.9 Å². The van der Waals surface area contributed by atoms with Crippen molar-refractivity contribution in [2.24, 2.45) is 0 Å². The molecule has 11 heteroatoms. The largest absolute Gasteiger partial charge is 0.383 e. The zero-order valence-electron chi connectivity index (χ0n) is 22.6. The minimum absolute atomic E-state index is 0.0288. The highest BCUT2D eigenvalue weighted by molar-refractivity contribution is 7.90. The van der Waals surface area contributed by atoms with E-state index >= 15 is 0 Å². The van der Waals surface area contributed by atoms with Crippen molar-refractivity contribution in [2.45, 2.75) is 18.7 Å². The average Bonchev–Trinajstić information content (AvgIpc) is 3.77. The highest BCUT2D eigenvalue weighted by Crippen LogP contribution is 2.33. The van der Waals surface area contributed by atoms with Gasteiger partial charge in [0, 0.05) is 5.39 Å². The van der Waals surface area contributed by atoms with Crippen LogP contribution in [0, 0.1) is 13.8 Å². The van der Waals surface area contributed by atoms with Gasteiger partial charge in [0.15, 0.2) is 0 Å². The number of hydrogen-bond acceptors (Lipinski definition) is 7. The Kier molecular flexibility index (Phi) is 5.89. The summed E-state index contributed by atoms with van der Waals surface area (Å²) in [7, 11) is -4.17. The Morgan fingerprint density at radius 1 is 0.952 bits per heavy atom. The minimum Gasteiger partial charge on any atom is -0.383 e. The number of thiophene rings is 1. The highest BCUT2D eigenvalue weighted by Gasteiger charge is 2.29. The molecule has 9 nitrogen and oxygen atoms in total. The molecule has 0 saturated carbocycles. The van der Waals surface area contributed by atoms with E-state index in [0.29, 0.717) is 16.6 Å². The van der Waals surface area contributed by atoms with Crippen molar-refractivity contribution in [3.05, 3.63) is 112 Å². The second-order valence-corrected chi connectivity index (χ2v) is 12.7. The highest BCUT2D eigenvalue weighted by atomic mass is 32.2. The third-order valence-corrected chi connectivity index (χ3v) is 9.71. The summed E-state index contributed by atoms with van der Waals surface area (Å²) in [6.45, 7) is 3.75. The first-order valence-corrected chi connectivity index (χ1v) is 15.4. The van der Waals surface area contributed by atoms with Crippen LogP contribution in [0.4, 0.5) is 5.82 Å². The summed E-state index contributed by atoms with van der Waals surface area (Å²) < 4.78 is 30.9. The van der Waals surface area contributed by atoms with Gasteiger partial charge in [-0.2, -0.15) is 16.4 Å². The Morgan fingerprint density at radius 2 is 1.76 bits per heavy atom. The van der Waals surface area contributed by atoms with Crippen LogP contribution in [0.25, 0.3) is 38.8 Å². The molecule has 208 valence electrons. The zero-order chi connectivity index (χ0) is 29.2. The summed E-state index contributed by atoms with van der Waals surface area (Å²) in [6.07, 6.45) is 1.37. The van der Waals surface area contributed by atoms with Crippen LogP contribution in [0.2, 0.25) is 0 Å². The van der Waals surface area contributed by atoms with Crippen LogP contribution in [0.15, 0.2) is 94.6 Å². The Labute approximate surface area is 244 Å². The van der Waals surface area contributed by atoms with E-state index in [-0.39, 0.29) is 22.0 Å². The number of carbonyl (C=O) groups excluding carboxylic acids is 1. The average molecular weight is 593 g/mol. The molecule has 0 atom stereocenters. The fourth-order valence-corrected chi connectivity index (χ4v) is 7.32. The predicted octanol–water partition coefficient (Wildman–Crippen LogP) is 6.10. The van der Waals surface area contributed by atoms with E-state index in [1.54, 1.807) is 47.7 Å². The smallest absolute Gasteiger partial charge is 0.268 e. The molecule has 0 spiro atoms. The van der Waals surface area contributed by atoms with E-state index < -0.39 is 15.8 Å². The first kappa shape index (κ1) is 25.9. The second-order valence-electron chi connectivity index (χ2n) is 10.1. The van der Waals surface area contributed by atoms with E-state index in [4.69, 9.17) is 5.73 Å². The molecule has 7 aromatic rings. The number of nitrogen functional groups attached to an aromatic ring is 1. The number of carbonyl (C=O) groups is 1. The Hall–Kier alpha value is -5.00. The van der Waals surface area contributed by atoms with Crippen molar-refractivity contribution in [1.82, 2.24) is 23.7 Å². The van der Waals surface area contributed by atoms with Crippen molar-refractivity contribution in [2.75, 3.05) is 5.73 Å². The van der Waals surface area contributed by atoms with Crippen LogP contribution in [-0.2, 0) is 10.0 Å². The predicted molar refractivity (Wildman–Crippen MR) is 165 cm³/mol. The quantitative estimate of drug-likeness (QED) is 0.225. The number of anilines is 1. The molecule has 7 rings (SSSR count). The Bertz CT molecular complexity index is 2260. The molecule has 0 aliphatic carbocycles. The van der Waals surface area contributed by atoms with E-state index in [2.05, 4.69) is 15.1 Å². The van der Waals surface area contributed by atoms with Crippen LogP contribution in [0.5, 0.6) is 0 Å². The lowest BCUT2D eigenvalue weighted by atomic mass is 10.1. The number of imidazole rings is 1. The van der Waals surface area contributed by atoms with Crippen LogP contribution >= 0.6 is 11.3 Å². The SMILES string of the molecule is Cc1ccc(S(=O)(=O)n2c(C(=O)c3cnn(-c4ccc5nc(C)[nH]c5c4)c3N)cc3ccc(-c4ccsc4)cc32)cc1. The molecule has 42 heavy (non-hydrogen) atoms. The van der Waals surface area contributed by atoms with Crippen LogP contribution in [0.3, 0.4) is 0 Å². The molecule has 0 unspecified atom stereocenters. The van der Waals surface area contributed by atoms with Crippen LogP contribution in [0.1, 0.15) is 27.4 Å².